The van der Waals surface area contributed by atoms with Gasteiger partial charge in [0.25, 0.3) is 5.69 Å². The van der Waals surface area contributed by atoms with E-state index >= 15 is 0 Å². The van der Waals surface area contributed by atoms with Crippen LogP contribution in [0.5, 0.6) is 0 Å². The minimum atomic E-state index is -0.455. The number of nitro benzene ring substituents is 1. The summed E-state index contributed by atoms with van der Waals surface area (Å²) in [4.78, 5) is 24.7. The van der Waals surface area contributed by atoms with Crippen LogP contribution in [0.2, 0.25) is 0 Å². The molecule has 1 aliphatic carbocycles. The number of piperidine rings is 1. The topological polar surface area (TPSA) is 75.5 Å². The molecule has 1 aromatic carbocycles. The zero-order valence-electron chi connectivity index (χ0n) is 13.2. The van der Waals surface area contributed by atoms with Gasteiger partial charge in [0.05, 0.1) is 11.5 Å². The molecule has 1 N–H and O–H groups in total. The van der Waals surface area contributed by atoms with E-state index in [1.807, 2.05) is 0 Å². The van der Waals surface area contributed by atoms with Crippen molar-refractivity contribution in [3.63, 3.8) is 0 Å². The molecule has 1 saturated heterocycles. The molecular formula is C17H23N3O3. The monoisotopic (exact) mass is 317 g/mol. The lowest BCUT2D eigenvalue weighted by atomic mass is 9.75. The van der Waals surface area contributed by atoms with Crippen molar-refractivity contribution in [3.05, 3.63) is 34.4 Å². The molecule has 124 valence electrons. The van der Waals surface area contributed by atoms with E-state index in [9.17, 15) is 14.9 Å². The van der Waals surface area contributed by atoms with Crippen LogP contribution in [0.4, 0.5) is 11.4 Å². The SMILES string of the molecule is O=C(CN1CC[C@@H]2CCCC[C@@H]2C1)Nc1cccc([N+](=O)[O-])c1. The number of rotatable bonds is 4. The predicted octanol–water partition coefficient (Wildman–Crippen LogP) is 3.05. The molecule has 2 atom stereocenters. The maximum Gasteiger partial charge on any atom is 0.271 e. The van der Waals surface area contributed by atoms with E-state index in [1.165, 1.54) is 44.2 Å². The molecule has 1 amide bonds. The van der Waals surface area contributed by atoms with E-state index in [-0.39, 0.29) is 11.6 Å². The number of nitro groups is 1. The predicted molar refractivity (Wildman–Crippen MR) is 88.2 cm³/mol. The Balaban J connectivity index is 1.53. The average molecular weight is 317 g/mol. The van der Waals surface area contributed by atoms with Crippen LogP contribution in [-0.4, -0.2) is 35.4 Å². The largest absolute Gasteiger partial charge is 0.325 e. The summed E-state index contributed by atoms with van der Waals surface area (Å²) >= 11 is 0. The summed E-state index contributed by atoms with van der Waals surface area (Å²) in [7, 11) is 0. The molecule has 1 saturated carbocycles. The zero-order chi connectivity index (χ0) is 16.2. The first-order chi connectivity index (χ1) is 11.1. The van der Waals surface area contributed by atoms with Crippen molar-refractivity contribution in [1.82, 2.24) is 4.90 Å². The molecular weight excluding hydrogens is 294 g/mol. The molecule has 0 bridgehead atoms. The highest BCUT2D eigenvalue weighted by atomic mass is 16.6. The molecule has 0 aromatic heterocycles. The summed E-state index contributed by atoms with van der Waals surface area (Å²) in [6.07, 6.45) is 6.49. The van der Waals surface area contributed by atoms with Gasteiger partial charge in [-0.15, -0.1) is 0 Å². The van der Waals surface area contributed by atoms with Crippen molar-refractivity contribution in [2.75, 3.05) is 25.0 Å². The summed E-state index contributed by atoms with van der Waals surface area (Å²) in [5.41, 5.74) is 0.475. The summed E-state index contributed by atoms with van der Waals surface area (Å²) in [5, 5.41) is 13.5. The standard InChI is InChI=1S/C17H23N3O3/c21-17(18-15-6-3-7-16(10-15)20(22)23)12-19-9-8-13-4-1-2-5-14(13)11-19/h3,6-7,10,13-14H,1-2,4-5,8-9,11-12H2,(H,18,21)/t13-,14+/m0/s1. The number of likely N-dealkylation sites (tertiary alicyclic amines) is 1. The van der Waals surface area contributed by atoms with Crippen molar-refractivity contribution in [1.29, 1.82) is 0 Å². The molecule has 6 heteroatoms. The lowest BCUT2D eigenvalue weighted by Crippen LogP contribution is -2.44. The second kappa shape index (κ2) is 7.08. The fourth-order valence-corrected chi connectivity index (χ4v) is 3.92. The second-order valence-corrected chi connectivity index (χ2v) is 6.68. The Hall–Kier alpha value is -1.95. The maximum atomic E-state index is 12.2. The number of fused-ring (bicyclic) bond motifs is 1. The molecule has 0 radical (unpaired) electrons. The first-order valence-electron chi connectivity index (χ1n) is 8.38. The van der Waals surface area contributed by atoms with E-state index in [4.69, 9.17) is 0 Å². The number of hydrogen-bond donors (Lipinski definition) is 1. The first kappa shape index (κ1) is 15.9. The fourth-order valence-electron chi connectivity index (χ4n) is 3.92. The van der Waals surface area contributed by atoms with Gasteiger partial charge in [-0.25, -0.2) is 0 Å². The number of non-ortho nitro benzene ring substituents is 1. The number of nitrogens with zero attached hydrogens (tertiary/aromatic N) is 2. The molecule has 6 nitrogen and oxygen atoms in total. The number of hydrogen-bond acceptors (Lipinski definition) is 4. The highest BCUT2D eigenvalue weighted by molar-refractivity contribution is 5.92. The third kappa shape index (κ3) is 4.07. The second-order valence-electron chi connectivity index (χ2n) is 6.68. The van der Waals surface area contributed by atoms with E-state index < -0.39 is 4.92 Å². The summed E-state index contributed by atoms with van der Waals surface area (Å²) in [6, 6.07) is 6.08. The Morgan fingerprint density at radius 1 is 1.26 bits per heavy atom. The fraction of sp³-hybridized carbons (Fsp3) is 0.588. The van der Waals surface area contributed by atoms with Gasteiger partial charge in [0, 0.05) is 24.4 Å². The average Bonchev–Trinajstić information content (AvgIpc) is 2.55. The first-order valence-corrected chi connectivity index (χ1v) is 8.38. The Kier molecular flexibility index (Phi) is 4.91. The zero-order valence-corrected chi connectivity index (χ0v) is 13.2. The molecule has 3 rings (SSSR count). The van der Waals surface area contributed by atoms with Crippen LogP contribution in [0.25, 0.3) is 0 Å². The van der Waals surface area contributed by atoms with Crippen molar-refractivity contribution in [2.45, 2.75) is 32.1 Å². The summed E-state index contributed by atoms with van der Waals surface area (Å²) in [5.74, 6) is 1.49. The molecule has 0 unspecified atom stereocenters. The Bertz CT molecular complexity index is 590. The number of carbonyl (C=O) groups is 1. The van der Waals surface area contributed by atoms with Crippen molar-refractivity contribution in [2.24, 2.45) is 11.8 Å². The number of benzene rings is 1. The third-order valence-electron chi connectivity index (χ3n) is 5.08. The Labute approximate surface area is 136 Å². The van der Waals surface area contributed by atoms with Gasteiger partial charge in [-0.3, -0.25) is 19.8 Å². The van der Waals surface area contributed by atoms with Crippen LogP contribution < -0.4 is 5.32 Å². The van der Waals surface area contributed by atoms with Gasteiger partial charge >= 0.3 is 0 Å². The smallest absolute Gasteiger partial charge is 0.271 e. The van der Waals surface area contributed by atoms with Crippen LogP contribution in [0.3, 0.4) is 0 Å². The van der Waals surface area contributed by atoms with Crippen LogP contribution in [0.15, 0.2) is 24.3 Å². The minimum absolute atomic E-state index is 0.00850. The van der Waals surface area contributed by atoms with Crippen molar-refractivity contribution >= 4 is 17.3 Å². The Morgan fingerprint density at radius 2 is 2.04 bits per heavy atom. The van der Waals surface area contributed by atoms with Gasteiger partial charge in [-0.1, -0.05) is 25.3 Å². The van der Waals surface area contributed by atoms with Gasteiger partial charge in [-0.05, 0) is 37.3 Å². The van der Waals surface area contributed by atoms with Crippen molar-refractivity contribution < 1.29 is 9.72 Å². The van der Waals surface area contributed by atoms with Crippen LogP contribution in [0.1, 0.15) is 32.1 Å². The number of carbonyl (C=O) groups excluding carboxylic acids is 1. The lowest BCUT2D eigenvalue weighted by Gasteiger charge is -2.41. The Morgan fingerprint density at radius 3 is 2.83 bits per heavy atom. The number of nitrogens with one attached hydrogen (secondary N) is 1. The van der Waals surface area contributed by atoms with E-state index in [0.29, 0.717) is 12.2 Å². The van der Waals surface area contributed by atoms with E-state index in [1.54, 1.807) is 12.1 Å². The molecule has 1 heterocycles. The quantitative estimate of drug-likeness (QED) is 0.684. The van der Waals surface area contributed by atoms with Crippen LogP contribution >= 0.6 is 0 Å². The number of anilines is 1. The normalized spacial score (nSPS) is 24.7. The molecule has 0 spiro atoms. The lowest BCUT2D eigenvalue weighted by molar-refractivity contribution is -0.384. The molecule has 2 fully saturated rings. The van der Waals surface area contributed by atoms with Gasteiger partial charge < -0.3 is 5.32 Å². The number of amides is 1. The van der Waals surface area contributed by atoms with Gasteiger partial charge in [0.1, 0.15) is 0 Å². The van der Waals surface area contributed by atoms with Gasteiger partial charge in [0.15, 0.2) is 0 Å². The highest BCUT2D eigenvalue weighted by Gasteiger charge is 2.31. The van der Waals surface area contributed by atoms with E-state index in [2.05, 4.69) is 10.2 Å². The molecule has 23 heavy (non-hydrogen) atoms. The molecule has 1 aromatic rings. The summed E-state index contributed by atoms with van der Waals surface area (Å²) in [6.45, 7) is 2.35. The van der Waals surface area contributed by atoms with Gasteiger partial charge in [-0.2, -0.15) is 0 Å². The third-order valence-corrected chi connectivity index (χ3v) is 5.08. The molecule has 2 aliphatic rings. The highest BCUT2D eigenvalue weighted by Crippen LogP contribution is 2.35. The van der Waals surface area contributed by atoms with Crippen molar-refractivity contribution in [3.8, 4) is 0 Å². The minimum Gasteiger partial charge on any atom is -0.325 e. The van der Waals surface area contributed by atoms with Crippen LogP contribution in [0, 0.1) is 22.0 Å². The van der Waals surface area contributed by atoms with Crippen LogP contribution in [-0.2, 0) is 4.79 Å². The van der Waals surface area contributed by atoms with E-state index in [0.717, 1.165) is 24.9 Å². The molecule has 1 aliphatic heterocycles. The summed E-state index contributed by atoms with van der Waals surface area (Å²) < 4.78 is 0. The maximum absolute atomic E-state index is 12.2. The van der Waals surface area contributed by atoms with Gasteiger partial charge in [0.2, 0.25) is 5.91 Å².